The standard InChI is InChI=1S/C18H16N4O/c1-12-4-6-19-17(8-12)16-5-7-20-18(22-16)21-15-3-2-13-10-23-11-14(13)9-15/h2-9H,10-11H2,1H3,(H,20,21,22). The highest BCUT2D eigenvalue weighted by Gasteiger charge is 2.12. The molecule has 1 N–H and O–H groups in total. The zero-order valence-electron chi connectivity index (χ0n) is 12.8. The van der Waals surface area contributed by atoms with Crippen molar-refractivity contribution in [3.63, 3.8) is 0 Å². The predicted molar refractivity (Wildman–Crippen MR) is 88.2 cm³/mol. The lowest BCUT2D eigenvalue weighted by molar-refractivity contribution is 0.134. The summed E-state index contributed by atoms with van der Waals surface area (Å²) in [6, 6.07) is 12.0. The highest BCUT2D eigenvalue weighted by Crippen LogP contribution is 2.25. The zero-order chi connectivity index (χ0) is 15.6. The van der Waals surface area contributed by atoms with Gasteiger partial charge in [0.2, 0.25) is 5.95 Å². The van der Waals surface area contributed by atoms with Crippen LogP contribution in [0.1, 0.15) is 16.7 Å². The lowest BCUT2D eigenvalue weighted by Gasteiger charge is -2.08. The molecule has 0 spiro atoms. The molecule has 0 unspecified atom stereocenters. The monoisotopic (exact) mass is 304 g/mol. The Labute approximate surface area is 134 Å². The summed E-state index contributed by atoms with van der Waals surface area (Å²) in [7, 11) is 0. The van der Waals surface area contributed by atoms with E-state index in [1.54, 1.807) is 12.4 Å². The molecule has 0 radical (unpaired) electrons. The molecule has 4 rings (SSSR count). The maximum atomic E-state index is 5.44. The molecule has 1 aromatic carbocycles. The summed E-state index contributed by atoms with van der Waals surface area (Å²) in [6.07, 6.45) is 3.53. The van der Waals surface area contributed by atoms with Gasteiger partial charge in [-0.1, -0.05) is 6.07 Å². The van der Waals surface area contributed by atoms with Crippen LogP contribution >= 0.6 is 0 Å². The first-order chi connectivity index (χ1) is 11.3. The molecule has 0 aliphatic carbocycles. The second kappa shape index (κ2) is 5.78. The van der Waals surface area contributed by atoms with E-state index >= 15 is 0 Å². The number of aryl methyl sites for hydroxylation is 1. The fraction of sp³-hybridized carbons (Fsp3) is 0.167. The lowest BCUT2D eigenvalue weighted by Crippen LogP contribution is -1.99. The van der Waals surface area contributed by atoms with Crippen molar-refractivity contribution < 1.29 is 4.74 Å². The molecule has 0 saturated heterocycles. The molecule has 5 nitrogen and oxygen atoms in total. The van der Waals surface area contributed by atoms with Gasteiger partial charge in [0.15, 0.2) is 0 Å². The van der Waals surface area contributed by atoms with Crippen molar-refractivity contribution in [3.05, 3.63) is 65.5 Å². The van der Waals surface area contributed by atoms with E-state index in [-0.39, 0.29) is 0 Å². The number of hydrogen-bond donors (Lipinski definition) is 1. The number of aromatic nitrogens is 3. The Morgan fingerprint density at radius 3 is 2.70 bits per heavy atom. The Balaban J connectivity index is 1.61. The summed E-state index contributed by atoms with van der Waals surface area (Å²) in [4.78, 5) is 13.2. The first-order valence-corrected chi connectivity index (χ1v) is 7.50. The molecule has 3 aromatic rings. The van der Waals surface area contributed by atoms with Crippen molar-refractivity contribution in [2.75, 3.05) is 5.32 Å². The van der Waals surface area contributed by atoms with E-state index < -0.39 is 0 Å². The van der Waals surface area contributed by atoms with E-state index in [1.807, 2.05) is 31.2 Å². The summed E-state index contributed by atoms with van der Waals surface area (Å²) in [5.41, 5.74) is 6.22. The summed E-state index contributed by atoms with van der Waals surface area (Å²) in [5, 5.41) is 3.25. The average molecular weight is 304 g/mol. The molecule has 0 fully saturated rings. The van der Waals surface area contributed by atoms with Crippen LogP contribution in [0.15, 0.2) is 48.8 Å². The van der Waals surface area contributed by atoms with Crippen LogP contribution in [0.25, 0.3) is 11.4 Å². The Morgan fingerprint density at radius 1 is 0.913 bits per heavy atom. The van der Waals surface area contributed by atoms with Crippen LogP contribution in [0.4, 0.5) is 11.6 Å². The first-order valence-electron chi connectivity index (χ1n) is 7.50. The van der Waals surface area contributed by atoms with Crippen LogP contribution in [0.3, 0.4) is 0 Å². The van der Waals surface area contributed by atoms with Gasteiger partial charge in [-0.2, -0.15) is 0 Å². The minimum atomic E-state index is 0.560. The predicted octanol–water partition coefficient (Wildman–Crippen LogP) is 3.62. The van der Waals surface area contributed by atoms with Crippen molar-refractivity contribution in [1.29, 1.82) is 0 Å². The molecule has 1 aliphatic rings. The number of nitrogens with one attached hydrogen (secondary N) is 1. The van der Waals surface area contributed by atoms with Crippen molar-refractivity contribution in [3.8, 4) is 11.4 Å². The third-order valence-corrected chi connectivity index (χ3v) is 3.81. The summed E-state index contributed by atoms with van der Waals surface area (Å²) in [5.74, 6) is 0.560. The lowest BCUT2D eigenvalue weighted by atomic mass is 10.1. The second-order valence-electron chi connectivity index (χ2n) is 5.59. The molecule has 3 heterocycles. The van der Waals surface area contributed by atoms with Crippen LogP contribution in [0.5, 0.6) is 0 Å². The molecular weight excluding hydrogens is 288 g/mol. The van der Waals surface area contributed by atoms with E-state index in [4.69, 9.17) is 4.74 Å². The van der Waals surface area contributed by atoms with Crippen LogP contribution < -0.4 is 5.32 Å². The molecule has 5 heteroatoms. The van der Waals surface area contributed by atoms with Gasteiger partial charge in [0.1, 0.15) is 0 Å². The zero-order valence-corrected chi connectivity index (χ0v) is 12.8. The van der Waals surface area contributed by atoms with Crippen LogP contribution in [0, 0.1) is 6.92 Å². The van der Waals surface area contributed by atoms with Crippen molar-refractivity contribution >= 4 is 11.6 Å². The van der Waals surface area contributed by atoms with Gasteiger partial charge in [-0.25, -0.2) is 9.97 Å². The van der Waals surface area contributed by atoms with Crippen LogP contribution in [0.2, 0.25) is 0 Å². The first kappa shape index (κ1) is 13.8. The molecule has 114 valence electrons. The second-order valence-corrected chi connectivity index (χ2v) is 5.59. The minimum absolute atomic E-state index is 0.560. The van der Waals surface area contributed by atoms with Crippen molar-refractivity contribution in [2.24, 2.45) is 0 Å². The van der Waals surface area contributed by atoms with Gasteiger partial charge < -0.3 is 10.1 Å². The number of rotatable bonds is 3. The topological polar surface area (TPSA) is 59.9 Å². The SMILES string of the molecule is Cc1ccnc(-c2ccnc(Nc3ccc4c(c3)COC4)n2)c1. The third-order valence-electron chi connectivity index (χ3n) is 3.81. The quantitative estimate of drug-likeness (QED) is 0.801. The normalized spacial score (nSPS) is 12.9. The molecule has 0 amide bonds. The number of anilines is 2. The Bertz CT molecular complexity index is 863. The average Bonchev–Trinajstić information content (AvgIpc) is 3.03. The van der Waals surface area contributed by atoms with Crippen molar-refractivity contribution in [2.45, 2.75) is 20.1 Å². The molecule has 0 bridgehead atoms. The van der Waals surface area contributed by atoms with Crippen LogP contribution in [-0.4, -0.2) is 15.0 Å². The largest absolute Gasteiger partial charge is 0.372 e. The van der Waals surface area contributed by atoms with Gasteiger partial charge in [0.25, 0.3) is 0 Å². The van der Waals surface area contributed by atoms with E-state index in [1.165, 1.54) is 11.1 Å². The van der Waals surface area contributed by atoms with E-state index in [2.05, 4.69) is 32.4 Å². The fourth-order valence-corrected chi connectivity index (χ4v) is 2.62. The molecular formula is C18H16N4O. The van der Waals surface area contributed by atoms with Gasteiger partial charge >= 0.3 is 0 Å². The van der Waals surface area contributed by atoms with Gasteiger partial charge in [0.05, 0.1) is 24.6 Å². The summed E-state index contributed by atoms with van der Waals surface area (Å²) >= 11 is 0. The van der Waals surface area contributed by atoms with E-state index in [0.29, 0.717) is 19.2 Å². The highest BCUT2D eigenvalue weighted by atomic mass is 16.5. The molecule has 1 aliphatic heterocycles. The maximum Gasteiger partial charge on any atom is 0.227 e. The number of ether oxygens (including phenoxy) is 1. The van der Waals surface area contributed by atoms with Gasteiger partial charge in [0, 0.05) is 18.1 Å². The number of benzene rings is 1. The van der Waals surface area contributed by atoms with Gasteiger partial charge in [-0.3, -0.25) is 4.98 Å². The summed E-state index contributed by atoms with van der Waals surface area (Å²) in [6.45, 7) is 3.40. The third kappa shape index (κ3) is 2.91. The van der Waals surface area contributed by atoms with E-state index in [9.17, 15) is 0 Å². The Hall–Kier alpha value is -2.79. The highest BCUT2D eigenvalue weighted by molar-refractivity contribution is 5.60. The number of hydrogen-bond acceptors (Lipinski definition) is 5. The molecule has 0 atom stereocenters. The fourth-order valence-electron chi connectivity index (χ4n) is 2.62. The number of fused-ring (bicyclic) bond motifs is 1. The summed E-state index contributed by atoms with van der Waals surface area (Å²) < 4.78 is 5.44. The van der Waals surface area contributed by atoms with Gasteiger partial charge in [-0.15, -0.1) is 0 Å². The van der Waals surface area contributed by atoms with Crippen molar-refractivity contribution in [1.82, 2.24) is 15.0 Å². The minimum Gasteiger partial charge on any atom is -0.372 e. The number of nitrogens with zero attached hydrogens (tertiary/aromatic N) is 3. The molecule has 0 saturated carbocycles. The smallest absolute Gasteiger partial charge is 0.227 e. The molecule has 23 heavy (non-hydrogen) atoms. The van der Waals surface area contributed by atoms with E-state index in [0.717, 1.165) is 22.6 Å². The van der Waals surface area contributed by atoms with Gasteiger partial charge in [-0.05, 0) is 53.9 Å². The Kier molecular flexibility index (Phi) is 3.48. The molecule has 2 aromatic heterocycles. The number of pyridine rings is 1. The Morgan fingerprint density at radius 2 is 1.78 bits per heavy atom. The van der Waals surface area contributed by atoms with Crippen LogP contribution in [-0.2, 0) is 18.0 Å². The maximum absolute atomic E-state index is 5.44.